The van der Waals surface area contributed by atoms with Gasteiger partial charge in [0.1, 0.15) is 12.4 Å². The molecule has 0 saturated carbocycles. The summed E-state index contributed by atoms with van der Waals surface area (Å²) >= 11 is 12.2. The number of nitrogens with zero attached hydrogens (tertiary/aromatic N) is 1. The fourth-order valence-electron chi connectivity index (χ4n) is 2.91. The van der Waals surface area contributed by atoms with Gasteiger partial charge in [-0.2, -0.15) is 0 Å². The van der Waals surface area contributed by atoms with Crippen LogP contribution < -0.4 is 5.32 Å². The summed E-state index contributed by atoms with van der Waals surface area (Å²) in [6, 6.07) is 12.5. The molecule has 3 nitrogen and oxygen atoms in total. The molecular weight excluding hydrogens is 410 g/mol. The van der Waals surface area contributed by atoms with Gasteiger partial charge in [-0.05, 0) is 62.2 Å². The quantitative estimate of drug-likeness (QED) is 0.466. The lowest BCUT2D eigenvalue weighted by Crippen LogP contribution is -2.35. The molecule has 152 valence electrons. The molecule has 0 atom stereocenters. The molecule has 0 bridgehead atoms. The molecule has 0 amide bonds. The molecule has 3 aromatic rings. The maximum absolute atomic E-state index is 12.8. The van der Waals surface area contributed by atoms with E-state index < -0.39 is 6.67 Å². The van der Waals surface area contributed by atoms with Crippen molar-refractivity contribution in [2.75, 3.05) is 0 Å². The number of rotatable bonds is 5. The van der Waals surface area contributed by atoms with E-state index in [0.717, 1.165) is 22.3 Å². The third-order valence-corrected chi connectivity index (χ3v) is 5.26. The second-order valence-corrected chi connectivity index (χ2v) is 8.75. The molecule has 2 aromatic carbocycles. The van der Waals surface area contributed by atoms with Crippen LogP contribution in [0.2, 0.25) is 10.0 Å². The second kappa shape index (κ2) is 8.70. The SMILES string of the molecule is CC(C)(C)NCc1cc(-c2ccc(CF)nc2)cc(-c2ccc(Cl)c(Cl)c2)c1O. The normalized spacial score (nSPS) is 11.7. The van der Waals surface area contributed by atoms with Crippen molar-refractivity contribution in [2.45, 2.75) is 39.5 Å². The first kappa shape index (κ1) is 21.6. The highest BCUT2D eigenvalue weighted by molar-refractivity contribution is 6.42. The summed E-state index contributed by atoms with van der Waals surface area (Å²) in [7, 11) is 0. The molecule has 0 unspecified atom stereocenters. The van der Waals surface area contributed by atoms with Crippen molar-refractivity contribution in [1.82, 2.24) is 10.3 Å². The molecule has 0 aliphatic carbocycles. The van der Waals surface area contributed by atoms with Crippen molar-refractivity contribution < 1.29 is 9.50 Å². The zero-order valence-electron chi connectivity index (χ0n) is 16.6. The van der Waals surface area contributed by atoms with Crippen LogP contribution in [0.4, 0.5) is 4.39 Å². The number of halogens is 3. The van der Waals surface area contributed by atoms with E-state index in [0.29, 0.717) is 27.8 Å². The van der Waals surface area contributed by atoms with Crippen molar-refractivity contribution in [3.05, 3.63) is 70.0 Å². The van der Waals surface area contributed by atoms with Crippen LogP contribution in [0, 0.1) is 0 Å². The van der Waals surface area contributed by atoms with Crippen molar-refractivity contribution in [1.29, 1.82) is 0 Å². The summed E-state index contributed by atoms with van der Waals surface area (Å²) in [5.41, 5.74) is 4.11. The van der Waals surface area contributed by atoms with Gasteiger partial charge >= 0.3 is 0 Å². The number of benzene rings is 2. The molecular formula is C23H23Cl2FN2O. The molecule has 0 saturated heterocycles. The summed E-state index contributed by atoms with van der Waals surface area (Å²) < 4.78 is 12.8. The summed E-state index contributed by atoms with van der Waals surface area (Å²) in [4.78, 5) is 4.15. The summed E-state index contributed by atoms with van der Waals surface area (Å²) in [6.45, 7) is 6.06. The predicted octanol–water partition coefficient (Wildman–Crippen LogP) is 6.79. The average molecular weight is 433 g/mol. The van der Waals surface area contributed by atoms with Crippen LogP contribution in [0.15, 0.2) is 48.7 Å². The van der Waals surface area contributed by atoms with Gasteiger partial charge in [-0.15, -0.1) is 0 Å². The lowest BCUT2D eigenvalue weighted by Gasteiger charge is -2.22. The van der Waals surface area contributed by atoms with Crippen LogP contribution in [-0.2, 0) is 13.2 Å². The number of pyridine rings is 1. The Bertz CT molecular complexity index is 1010. The van der Waals surface area contributed by atoms with Gasteiger partial charge in [0, 0.05) is 35.0 Å². The predicted molar refractivity (Wildman–Crippen MR) is 118 cm³/mol. The number of alkyl halides is 1. The van der Waals surface area contributed by atoms with E-state index in [4.69, 9.17) is 23.2 Å². The van der Waals surface area contributed by atoms with E-state index in [1.807, 2.05) is 24.3 Å². The number of hydrogen-bond acceptors (Lipinski definition) is 3. The van der Waals surface area contributed by atoms with Crippen molar-refractivity contribution in [3.63, 3.8) is 0 Å². The number of phenolic OH excluding ortho intramolecular Hbond substituents is 1. The Morgan fingerprint density at radius 3 is 2.28 bits per heavy atom. The van der Waals surface area contributed by atoms with Crippen LogP contribution in [0.25, 0.3) is 22.3 Å². The van der Waals surface area contributed by atoms with Crippen LogP contribution in [0.1, 0.15) is 32.0 Å². The number of hydrogen-bond donors (Lipinski definition) is 2. The topological polar surface area (TPSA) is 45.2 Å². The fourth-order valence-corrected chi connectivity index (χ4v) is 3.21. The highest BCUT2D eigenvalue weighted by Crippen LogP contribution is 2.39. The van der Waals surface area contributed by atoms with Crippen LogP contribution in [0.5, 0.6) is 5.75 Å². The molecule has 0 radical (unpaired) electrons. The van der Waals surface area contributed by atoms with Gasteiger partial charge in [-0.25, -0.2) is 4.39 Å². The largest absolute Gasteiger partial charge is 0.507 e. The highest BCUT2D eigenvalue weighted by atomic mass is 35.5. The van der Waals surface area contributed by atoms with Crippen molar-refractivity contribution in [2.24, 2.45) is 0 Å². The van der Waals surface area contributed by atoms with Crippen LogP contribution >= 0.6 is 23.2 Å². The lowest BCUT2D eigenvalue weighted by atomic mass is 9.95. The van der Waals surface area contributed by atoms with E-state index in [2.05, 4.69) is 31.1 Å². The minimum absolute atomic E-state index is 0.115. The highest BCUT2D eigenvalue weighted by Gasteiger charge is 2.16. The molecule has 0 aliphatic heterocycles. The molecule has 29 heavy (non-hydrogen) atoms. The van der Waals surface area contributed by atoms with Gasteiger partial charge in [0.25, 0.3) is 0 Å². The van der Waals surface area contributed by atoms with E-state index in [-0.39, 0.29) is 11.3 Å². The van der Waals surface area contributed by atoms with Gasteiger partial charge in [-0.3, -0.25) is 4.98 Å². The van der Waals surface area contributed by atoms with Gasteiger partial charge in [0.05, 0.1) is 15.7 Å². The minimum Gasteiger partial charge on any atom is -0.507 e. The molecule has 3 rings (SSSR count). The Morgan fingerprint density at radius 1 is 0.966 bits per heavy atom. The second-order valence-electron chi connectivity index (χ2n) is 7.94. The van der Waals surface area contributed by atoms with Crippen molar-refractivity contribution >= 4 is 23.2 Å². The smallest absolute Gasteiger partial charge is 0.131 e. The molecule has 0 aliphatic rings. The molecule has 6 heteroatoms. The Labute approximate surface area is 180 Å². The van der Waals surface area contributed by atoms with E-state index in [9.17, 15) is 9.50 Å². The standard InChI is InChI=1S/C23H23Cl2FN2O/c1-23(2,3)28-13-17-8-16(15-4-6-18(11-26)27-12-15)9-19(22(17)29)14-5-7-20(24)21(25)10-14/h4-10,12,28-29H,11,13H2,1-3H3. The van der Waals surface area contributed by atoms with E-state index in [1.165, 1.54) is 0 Å². The number of phenols is 1. The fraction of sp³-hybridized carbons (Fsp3) is 0.261. The van der Waals surface area contributed by atoms with Gasteiger partial charge in [-0.1, -0.05) is 35.3 Å². The van der Waals surface area contributed by atoms with Crippen molar-refractivity contribution in [3.8, 4) is 28.0 Å². The van der Waals surface area contributed by atoms with E-state index in [1.54, 1.807) is 24.4 Å². The average Bonchev–Trinajstić information content (AvgIpc) is 2.69. The number of aromatic hydroxyl groups is 1. The summed E-state index contributed by atoms with van der Waals surface area (Å²) in [6.07, 6.45) is 1.64. The molecule has 2 N–H and O–H groups in total. The summed E-state index contributed by atoms with van der Waals surface area (Å²) in [5, 5.41) is 15.2. The van der Waals surface area contributed by atoms with E-state index >= 15 is 0 Å². The Balaban J connectivity index is 2.13. The zero-order valence-corrected chi connectivity index (χ0v) is 18.1. The zero-order chi connectivity index (χ0) is 21.2. The molecule has 0 spiro atoms. The number of nitrogens with one attached hydrogen (secondary N) is 1. The van der Waals surface area contributed by atoms with Gasteiger partial charge in [0.15, 0.2) is 0 Å². The first-order valence-electron chi connectivity index (χ1n) is 9.25. The minimum atomic E-state index is -0.606. The Morgan fingerprint density at radius 2 is 1.69 bits per heavy atom. The first-order valence-corrected chi connectivity index (χ1v) is 10.0. The van der Waals surface area contributed by atoms with Gasteiger partial charge in [0.2, 0.25) is 0 Å². The summed E-state index contributed by atoms with van der Waals surface area (Å²) in [5.74, 6) is 0.178. The molecule has 0 fully saturated rings. The Hall–Kier alpha value is -2.14. The molecule has 1 heterocycles. The maximum Gasteiger partial charge on any atom is 0.131 e. The maximum atomic E-state index is 12.8. The molecule has 1 aromatic heterocycles. The van der Waals surface area contributed by atoms with Crippen LogP contribution in [-0.4, -0.2) is 15.6 Å². The van der Waals surface area contributed by atoms with Crippen LogP contribution in [0.3, 0.4) is 0 Å². The monoisotopic (exact) mass is 432 g/mol. The third-order valence-electron chi connectivity index (χ3n) is 4.52. The third kappa shape index (κ3) is 5.27. The first-order chi connectivity index (χ1) is 13.7. The van der Waals surface area contributed by atoms with Gasteiger partial charge < -0.3 is 10.4 Å². The Kier molecular flexibility index (Phi) is 6.47. The lowest BCUT2D eigenvalue weighted by molar-refractivity contribution is 0.412. The number of aromatic nitrogens is 1.